The van der Waals surface area contributed by atoms with Crippen LogP contribution in [0.4, 0.5) is 5.13 Å². The number of aryl methyl sites for hydroxylation is 1. The van der Waals surface area contributed by atoms with Crippen molar-refractivity contribution in [2.24, 2.45) is 0 Å². The zero-order valence-corrected chi connectivity index (χ0v) is 9.91. The second kappa shape index (κ2) is 4.97. The Hall–Kier alpha value is -1.88. The van der Waals surface area contributed by atoms with Gasteiger partial charge in [-0.25, -0.2) is 4.98 Å². The Kier molecular flexibility index (Phi) is 3.39. The summed E-state index contributed by atoms with van der Waals surface area (Å²) in [6, 6.07) is 9.66. The standard InChI is InChI=1S/C12H12N2O2S/c13-12-14-11(8-4-2-1-3-5-8)9(17-12)6-7-10(15)16/h1-5H,6-7H2,(H2,13,14)(H,15,16). The minimum Gasteiger partial charge on any atom is -0.481 e. The molecule has 0 radical (unpaired) electrons. The Labute approximate surface area is 103 Å². The number of rotatable bonds is 4. The first-order valence-corrected chi connectivity index (χ1v) is 6.01. The number of carboxylic acid groups (broad SMARTS) is 1. The molecular formula is C12H12N2O2S. The number of hydrogen-bond donors (Lipinski definition) is 2. The number of nitrogen functional groups attached to an aromatic ring is 1. The van der Waals surface area contributed by atoms with E-state index in [2.05, 4.69) is 4.98 Å². The third-order valence-electron chi connectivity index (χ3n) is 2.33. The van der Waals surface area contributed by atoms with E-state index in [1.165, 1.54) is 11.3 Å². The Morgan fingerprint density at radius 3 is 2.71 bits per heavy atom. The number of nitrogens with two attached hydrogens (primary N) is 1. The minimum absolute atomic E-state index is 0.0987. The summed E-state index contributed by atoms with van der Waals surface area (Å²) in [6.07, 6.45) is 0.565. The molecule has 0 saturated carbocycles. The largest absolute Gasteiger partial charge is 0.481 e. The third-order valence-corrected chi connectivity index (χ3v) is 3.27. The summed E-state index contributed by atoms with van der Waals surface area (Å²) in [6.45, 7) is 0. The summed E-state index contributed by atoms with van der Waals surface area (Å²) in [5, 5.41) is 9.17. The molecule has 5 heteroatoms. The fourth-order valence-electron chi connectivity index (χ4n) is 1.58. The van der Waals surface area contributed by atoms with Crippen molar-refractivity contribution in [3.63, 3.8) is 0 Å². The number of thiazole rings is 1. The van der Waals surface area contributed by atoms with E-state index in [0.717, 1.165) is 16.1 Å². The number of carboxylic acids is 1. The van der Waals surface area contributed by atoms with Crippen LogP contribution in [-0.4, -0.2) is 16.1 Å². The average Bonchev–Trinajstić information content (AvgIpc) is 2.69. The highest BCUT2D eigenvalue weighted by Crippen LogP contribution is 2.30. The van der Waals surface area contributed by atoms with Crippen molar-refractivity contribution in [2.75, 3.05) is 5.73 Å². The van der Waals surface area contributed by atoms with Crippen LogP contribution >= 0.6 is 11.3 Å². The van der Waals surface area contributed by atoms with Crippen LogP contribution in [0, 0.1) is 0 Å². The molecule has 1 aromatic heterocycles. The van der Waals surface area contributed by atoms with E-state index in [9.17, 15) is 4.79 Å². The van der Waals surface area contributed by atoms with E-state index < -0.39 is 5.97 Å². The van der Waals surface area contributed by atoms with Crippen molar-refractivity contribution >= 4 is 22.4 Å². The number of benzene rings is 1. The molecule has 0 fully saturated rings. The lowest BCUT2D eigenvalue weighted by Gasteiger charge is -2.00. The Morgan fingerprint density at radius 1 is 1.35 bits per heavy atom. The Bertz CT molecular complexity index is 523. The molecule has 0 atom stereocenters. The Balaban J connectivity index is 2.31. The van der Waals surface area contributed by atoms with Crippen LogP contribution in [-0.2, 0) is 11.2 Å². The number of carbonyl (C=O) groups is 1. The number of anilines is 1. The smallest absolute Gasteiger partial charge is 0.303 e. The molecular weight excluding hydrogens is 236 g/mol. The zero-order valence-electron chi connectivity index (χ0n) is 9.09. The second-order valence-corrected chi connectivity index (χ2v) is 4.70. The minimum atomic E-state index is -0.809. The van der Waals surface area contributed by atoms with Gasteiger partial charge in [-0.05, 0) is 6.42 Å². The van der Waals surface area contributed by atoms with Gasteiger partial charge in [0.05, 0.1) is 12.1 Å². The maximum Gasteiger partial charge on any atom is 0.303 e. The van der Waals surface area contributed by atoms with Gasteiger partial charge in [0, 0.05) is 10.4 Å². The van der Waals surface area contributed by atoms with Gasteiger partial charge in [0.15, 0.2) is 5.13 Å². The Morgan fingerprint density at radius 2 is 2.06 bits per heavy atom. The molecule has 0 aliphatic heterocycles. The molecule has 0 aliphatic carbocycles. The summed E-state index contributed by atoms with van der Waals surface area (Å²) < 4.78 is 0. The molecule has 2 aromatic rings. The molecule has 0 unspecified atom stereocenters. The van der Waals surface area contributed by atoms with Gasteiger partial charge in [-0.1, -0.05) is 30.3 Å². The van der Waals surface area contributed by atoms with Gasteiger partial charge >= 0.3 is 5.97 Å². The van der Waals surface area contributed by atoms with Crippen LogP contribution in [0.15, 0.2) is 30.3 Å². The van der Waals surface area contributed by atoms with Crippen molar-refractivity contribution in [1.29, 1.82) is 0 Å². The van der Waals surface area contributed by atoms with Crippen molar-refractivity contribution < 1.29 is 9.90 Å². The van der Waals surface area contributed by atoms with Gasteiger partial charge in [0.1, 0.15) is 0 Å². The molecule has 17 heavy (non-hydrogen) atoms. The van der Waals surface area contributed by atoms with Crippen LogP contribution < -0.4 is 5.73 Å². The van der Waals surface area contributed by atoms with Gasteiger partial charge < -0.3 is 10.8 Å². The maximum atomic E-state index is 10.6. The van der Waals surface area contributed by atoms with Gasteiger partial charge in [-0.15, -0.1) is 11.3 Å². The normalized spacial score (nSPS) is 10.4. The van der Waals surface area contributed by atoms with Gasteiger partial charge in [0.2, 0.25) is 0 Å². The highest BCUT2D eigenvalue weighted by atomic mass is 32.1. The van der Waals surface area contributed by atoms with Crippen LogP contribution in [0.3, 0.4) is 0 Å². The molecule has 88 valence electrons. The number of nitrogens with zero attached hydrogens (tertiary/aromatic N) is 1. The summed E-state index contributed by atoms with van der Waals surface area (Å²) >= 11 is 1.35. The van der Waals surface area contributed by atoms with Gasteiger partial charge in [-0.3, -0.25) is 4.79 Å². The van der Waals surface area contributed by atoms with Crippen molar-refractivity contribution in [1.82, 2.24) is 4.98 Å². The first-order chi connectivity index (χ1) is 8.16. The summed E-state index contributed by atoms with van der Waals surface area (Å²) in [5.41, 5.74) is 7.46. The molecule has 4 nitrogen and oxygen atoms in total. The van der Waals surface area contributed by atoms with Crippen LogP contribution in [0.2, 0.25) is 0 Å². The van der Waals surface area contributed by atoms with E-state index in [0.29, 0.717) is 11.6 Å². The maximum absolute atomic E-state index is 10.6. The van der Waals surface area contributed by atoms with Gasteiger partial charge in [-0.2, -0.15) is 0 Å². The van der Waals surface area contributed by atoms with Gasteiger partial charge in [0.25, 0.3) is 0 Å². The van der Waals surface area contributed by atoms with Crippen molar-refractivity contribution in [2.45, 2.75) is 12.8 Å². The lowest BCUT2D eigenvalue weighted by molar-refractivity contribution is -0.136. The average molecular weight is 248 g/mol. The molecule has 3 N–H and O–H groups in total. The monoisotopic (exact) mass is 248 g/mol. The summed E-state index contributed by atoms with van der Waals surface area (Å²) in [7, 11) is 0. The molecule has 0 bridgehead atoms. The molecule has 2 rings (SSSR count). The molecule has 0 spiro atoms. The molecule has 0 saturated heterocycles. The molecule has 0 aliphatic rings. The lowest BCUT2D eigenvalue weighted by atomic mass is 10.1. The fraction of sp³-hybridized carbons (Fsp3) is 0.167. The van der Waals surface area contributed by atoms with E-state index in [1.54, 1.807) is 0 Å². The van der Waals surface area contributed by atoms with E-state index in [4.69, 9.17) is 10.8 Å². The number of aliphatic carboxylic acids is 1. The quantitative estimate of drug-likeness (QED) is 0.871. The number of aromatic nitrogens is 1. The second-order valence-electron chi connectivity index (χ2n) is 3.58. The fourth-order valence-corrected chi connectivity index (χ4v) is 2.44. The SMILES string of the molecule is Nc1nc(-c2ccccc2)c(CCC(=O)O)s1. The third kappa shape index (κ3) is 2.82. The zero-order chi connectivity index (χ0) is 12.3. The molecule has 1 heterocycles. The van der Waals surface area contributed by atoms with Crippen LogP contribution in [0.5, 0.6) is 0 Å². The van der Waals surface area contributed by atoms with E-state index in [-0.39, 0.29) is 6.42 Å². The predicted molar refractivity (Wildman–Crippen MR) is 67.9 cm³/mol. The molecule has 1 aromatic carbocycles. The lowest BCUT2D eigenvalue weighted by Crippen LogP contribution is -1.97. The first kappa shape index (κ1) is 11.6. The molecule has 0 amide bonds. The van der Waals surface area contributed by atoms with Crippen LogP contribution in [0.1, 0.15) is 11.3 Å². The summed E-state index contributed by atoms with van der Waals surface area (Å²) in [5.74, 6) is -0.809. The first-order valence-electron chi connectivity index (χ1n) is 5.19. The van der Waals surface area contributed by atoms with Crippen molar-refractivity contribution in [3.05, 3.63) is 35.2 Å². The highest BCUT2D eigenvalue weighted by molar-refractivity contribution is 7.15. The predicted octanol–water partition coefficient (Wildman–Crippen LogP) is 2.41. The summed E-state index contributed by atoms with van der Waals surface area (Å²) in [4.78, 5) is 15.8. The topological polar surface area (TPSA) is 76.2 Å². The van der Waals surface area contributed by atoms with E-state index >= 15 is 0 Å². The number of hydrogen-bond acceptors (Lipinski definition) is 4. The van der Waals surface area contributed by atoms with Crippen LogP contribution in [0.25, 0.3) is 11.3 Å². The highest BCUT2D eigenvalue weighted by Gasteiger charge is 2.12. The van der Waals surface area contributed by atoms with E-state index in [1.807, 2.05) is 30.3 Å². The van der Waals surface area contributed by atoms with Crippen molar-refractivity contribution in [3.8, 4) is 11.3 Å².